The zero-order chi connectivity index (χ0) is 17.8. The van der Waals surface area contributed by atoms with E-state index in [9.17, 15) is 18.8 Å². The summed E-state index contributed by atoms with van der Waals surface area (Å²) in [5.41, 5.74) is 0.612. The van der Waals surface area contributed by atoms with Gasteiger partial charge >= 0.3 is 0 Å². The van der Waals surface area contributed by atoms with Gasteiger partial charge in [-0.25, -0.2) is 13.8 Å². The second-order valence-electron chi connectivity index (χ2n) is 5.25. The lowest BCUT2D eigenvalue weighted by molar-refractivity contribution is 0.102. The number of halogens is 2. The second-order valence-corrected chi connectivity index (χ2v) is 5.25. The number of aromatic nitrogens is 2. The summed E-state index contributed by atoms with van der Waals surface area (Å²) < 4.78 is 28.5. The molecule has 1 aromatic heterocycles. The van der Waals surface area contributed by atoms with Gasteiger partial charge in [-0.3, -0.25) is 4.79 Å². The minimum atomic E-state index is -0.876. The van der Waals surface area contributed by atoms with Crippen LogP contribution in [-0.4, -0.2) is 15.5 Å². The third-order valence-electron chi connectivity index (χ3n) is 3.54. The number of benzene rings is 2. The van der Waals surface area contributed by atoms with Gasteiger partial charge in [0, 0.05) is 6.54 Å². The molecule has 7 heteroatoms. The predicted octanol–water partition coefficient (Wildman–Crippen LogP) is 3.33. The van der Waals surface area contributed by atoms with Gasteiger partial charge in [0.25, 0.3) is 5.91 Å². The van der Waals surface area contributed by atoms with E-state index in [1.54, 1.807) is 4.57 Å². The van der Waals surface area contributed by atoms with Crippen molar-refractivity contribution in [2.24, 2.45) is 0 Å². The fraction of sp³-hybridized carbons (Fsp3) is 0.0556. The van der Waals surface area contributed by atoms with Crippen molar-refractivity contribution >= 4 is 11.7 Å². The Hall–Kier alpha value is -3.53. The lowest BCUT2D eigenvalue weighted by Crippen LogP contribution is -2.15. The average molecular weight is 338 g/mol. The van der Waals surface area contributed by atoms with E-state index in [1.807, 2.05) is 36.4 Å². The van der Waals surface area contributed by atoms with E-state index in [0.29, 0.717) is 6.54 Å². The average Bonchev–Trinajstić information content (AvgIpc) is 2.99. The minimum Gasteiger partial charge on any atom is -0.316 e. The highest BCUT2D eigenvalue weighted by atomic mass is 19.1. The molecule has 0 aliphatic heterocycles. The van der Waals surface area contributed by atoms with Crippen LogP contribution < -0.4 is 5.32 Å². The molecule has 0 bridgehead atoms. The van der Waals surface area contributed by atoms with Crippen LogP contribution in [0.3, 0.4) is 0 Å². The predicted molar refractivity (Wildman–Crippen MR) is 86.8 cm³/mol. The standard InChI is InChI=1S/C18H12F2N4O/c19-13-6-7-15(20)14(8-13)18(25)23-17-16(9-21)24(11-22-17)10-12-4-2-1-3-5-12/h1-8,11H,10H2,(H,23,25). The summed E-state index contributed by atoms with van der Waals surface area (Å²) in [7, 11) is 0. The molecule has 0 atom stereocenters. The SMILES string of the molecule is N#Cc1c(NC(=O)c2cc(F)ccc2F)ncn1Cc1ccccc1. The van der Waals surface area contributed by atoms with E-state index >= 15 is 0 Å². The maximum absolute atomic E-state index is 13.7. The van der Waals surface area contributed by atoms with Gasteiger partial charge in [-0.05, 0) is 23.8 Å². The Morgan fingerprint density at radius 2 is 1.96 bits per heavy atom. The highest BCUT2D eigenvalue weighted by Crippen LogP contribution is 2.17. The Morgan fingerprint density at radius 3 is 2.68 bits per heavy atom. The molecule has 3 aromatic rings. The summed E-state index contributed by atoms with van der Waals surface area (Å²) in [5, 5.41) is 11.7. The van der Waals surface area contributed by atoms with Gasteiger partial charge in [-0.15, -0.1) is 0 Å². The first kappa shape index (κ1) is 16.3. The molecule has 25 heavy (non-hydrogen) atoms. The number of hydrogen-bond donors (Lipinski definition) is 1. The molecule has 0 fully saturated rings. The number of nitrogens with zero attached hydrogens (tertiary/aromatic N) is 3. The van der Waals surface area contributed by atoms with Crippen molar-refractivity contribution in [3.05, 3.63) is 83.3 Å². The smallest absolute Gasteiger partial charge is 0.259 e. The molecule has 0 saturated carbocycles. The molecular formula is C18H12F2N4O. The first-order valence-corrected chi connectivity index (χ1v) is 7.34. The molecule has 0 spiro atoms. The second kappa shape index (κ2) is 6.93. The fourth-order valence-electron chi connectivity index (χ4n) is 2.34. The Bertz CT molecular complexity index is 961. The summed E-state index contributed by atoms with van der Waals surface area (Å²) in [6.45, 7) is 0.390. The first-order valence-electron chi connectivity index (χ1n) is 7.34. The molecule has 1 N–H and O–H groups in total. The number of nitrogens with one attached hydrogen (secondary N) is 1. The molecule has 0 aliphatic carbocycles. The van der Waals surface area contributed by atoms with E-state index in [-0.39, 0.29) is 11.5 Å². The van der Waals surface area contributed by atoms with Gasteiger partial charge in [0.15, 0.2) is 11.5 Å². The molecule has 1 amide bonds. The molecule has 0 unspecified atom stereocenters. The third-order valence-corrected chi connectivity index (χ3v) is 3.54. The summed E-state index contributed by atoms with van der Waals surface area (Å²) in [6, 6.07) is 13.9. The third kappa shape index (κ3) is 3.53. The lowest BCUT2D eigenvalue weighted by atomic mass is 10.2. The van der Waals surface area contributed by atoms with Gasteiger partial charge in [0.05, 0.1) is 11.9 Å². The normalized spacial score (nSPS) is 10.3. The number of rotatable bonds is 4. The molecule has 0 aliphatic rings. The Kier molecular flexibility index (Phi) is 4.53. The van der Waals surface area contributed by atoms with Crippen LogP contribution in [0.15, 0.2) is 54.9 Å². The Balaban J connectivity index is 1.85. The number of carbonyl (C=O) groups excluding carboxylic acids is 1. The minimum absolute atomic E-state index is 0.00732. The molecule has 2 aromatic carbocycles. The zero-order valence-electron chi connectivity index (χ0n) is 12.9. The van der Waals surface area contributed by atoms with E-state index in [0.717, 1.165) is 23.8 Å². The number of amides is 1. The topological polar surface area (TPSA) is 70.7 Å². The van der Waals surface area contributed by atoms with Crippen LogP contribution in [0.4, 0.5) is 14.6 Å². The number of nitriles is 1. The summed E-state index contributed by atoms with van der Waals surface area (Å²) in [4.78, 5) is 16.1. The van der Waals surface area contributed by atoms with Gasteiger partial charge in [0.2, 0.25) is 0 Å². The van der Waals surface area contributed by atoms with Gasteiger partial charge < -0.3 is 9.88 Å². The van der Waals surface area contributed by atoms with E-state index in [4.69, 9.17) is 0 Å². The monoisotopic (exact) mass is 338 g/mol. The largest absolute Gasteiger partial charge is 0.316 e. The highest BCUT2D eigenvalue weighted by molar-refractivity contribution is 6.04. The van der Waals surface area contributed by atoms with Crippen LogP contribution in [0.2, 0.25) is 0 Å². The van der Waals surface area contributed by atoms with Crippen LogP contribution in [0.1, 0.15) is 21.6 Å². The van der Waals surface area contributed by atoms with Crippen molar-refractivity contribution in [1.82, 2.24) is 9.55 Å². The highest BCUT2D eigenvalue weighted by Gasteiger charge is 2.18. The Morgan fingerprint density at radius 1 is 1.20 bits per heavy atom. The number of carbonyl (C=O) groups is 1. The van der Waals surface area contributed by atoms with Crippen molar-refractivity contribution in [3.63, 3.8) is 0 Å². The number of hydrogen-bond acceptors (Lipinski definition) is 3. The molecule has 0 saturated heterocycles. The molecular weight excluding hydrogens is 326 g/mol. The maximum atomic E-state index is 13.7. The first-order chi connectivity index (χ1) is 12.1. The maximum Gasteiger partial charge on any atom is 0.259 e. The van der Waals surface area contributed by atoms with Crippen molar-refractivity contribution in [2.45, 2.75) is 6.54 Å². The van der Waals surface area contributed by atoms with E-state index in [2.05, 4.69) is 10.3 Å². The molecule has 3 rings (SSSR count). The molecule has 0 radical (unpaired) electrons. The van der Waals surface area contributed by atoms with Crippen LogP contribution in [0.25, 0.3) is 0 Å². The van der Waals surface area contributed by atoms with E-state index < -0.39 is 23.1 Å². The Labute approximate surface area is 142 Å². The molecule has 5 nitrogen and oxygen atoms in total. The number of imidazole rings is 1. The van der Waals surface area contributed by atoms with Gasteiger partial charge in [-0.1, -0.05) is 30.3 Å². The number of anilines is 1. The summed E-state index contributed by atoms with van der Waals surface area (Å²) in [5.74, 6) is -2.48. The van der Waals surface area contributed by atoms with Crippen LogP contribution in [-0.2, 0) is 6.54 Å². The van der Waals surface area contributed by atoms with Crippen molar-refractivity contribution < 1.29 is 13.6 Å². The van der Waals surface area contributed by atoms with Gasteiger partial charge in [-0.2, -0.15) is 5.26 Å². The fourth-order valence-corrected chi connectivity index (χ4v) is 2.34. The lowest BCUT2D eigenvalue weighted by Gasteiger charge is -2.06. The van der Waals surface area contributed by atoms with Crippen molar-refractivity contribution in [3.8, 4) is 6.07 Å². The molecule has 124 valence electrons. The van der Waals surface area contributed by atoms with Crippen LogP contribution in [0, 0.1) is 23.0 Å². The van der Waals surface area contributed by atoms with Crippen molar-refractivity contribution in [2.75, 3.05) is 5.32 Å². The molecule has 1 heterocycles. The van der Waals surface area contributed by atoms with Crippen molar-refractivity contribution in [1.29, 1.82) is 5.26 Å². The quantitative estimate of drug-likeness (QED) is 0.793. The van der Waals surface area contributed by atoms with Gasteiger partial charge in [0.1, 0.15) is 17.7 Å². The van der Waals surface area contributed by atoms with Crippen LogP contribution >= 0.6 is 0 Å². The summed E-state index contributed by atoms with van der Waals surface area (Å²) >= 11 is 0. The van der Waals surface area contributed by atoms with E-state index in [1.165, 1.54) is 6.33 Å². The zero-order valence-corrected chi connectivity index (χ0v) is 12.9. The summed E-state index contributed by atoms with van der Waals surface area (Å²) in [6.07, 6.45) is 1.41. The van der Waals surface area contributed by atoms with Crippen LogP contribution in [0.5, 0.6) is 0 Å².